The van der Waals surface area contributed by atoms with E-state index in [0.29, 0.717) is 36.3 Å². The molecule has 212 valence electrons. The molecule has 1 aliphatic heterocycles. The summed E-state index contributed by atoms with van der Waals surface area (Å²) in [6.45, 7) is 1.85. The first-order valence-electron chi connectivity index (χ1n) is 12.7. The first-order valence-corrected chi connectivity index (χ1v) is 13.4. The number of fused-ring (bicyclic) bond motifs is 4. The Kier molecular flexibility index (Phi) is 8.06. The molecule has 2 bridgehead atoms. The minimum Gasteiger partial charge on any atom is -0.388 e. The Bertz CT molecular complexity index is 1700. The number of hydrogen-bond donors (Lipinski definition) is 4. The highest BCUT2D eigenvalue weighted by atomic mass is 35.5. The summed E-state index contributed by atoms with van der Waals surface area (Å²) < 4.78 is 16.7. The van der Waals surface area contributed by atoms with Crippen LogP contribution in [0.3, 0.4) is 0 Å². The van der Waals surface area contributed by atoms with E-state index < -0.39 is 17.4 Å². The Balaban J connectivity index is 1.60. The fraction of sp³-hybridized carbons (Fsp3) is 0.222. The lowest BCUT2D eigenvalue weighted by Crippen LogP contribution is -2.28. The van der Waals surface area contributed by atoms with Gasteiger partial charge in [-0.15, -0.1) is 0 Å². The van der Waals surface area contributed by atoms with Gasteiger partial charge in [-0.25, -0.2) is 15.2 Å². The second-order valence-electron chi connectivity index (χ2n) is 9.66. The SMILES string of the molecule is C[C@@H]1CCC[C@H](n2cnc(-c3c(N(N)/C=C(\N)Cl)ccc(Cl)c3F)cc2=O)c2cc(ccn2)-c2[nH]ncc2NC1=O. The first-order chi connectivity index (χ1) is 19.6. The van der Waals surface area contributed by atoms with Crippen molar-refractivity contribution in [1.82, 2.24) is 24.7 Å². The molecule has 1 aliphatic rings. The summed E-state index contributed by atoms with van der Waals surface area (Å²) in [4.78, 5) is 35.3. The van der Waals surface area contributed by atoms with E-state index in [9.17, 15) is 9.59 Å². The Morgan fingerprint density at radius 3 is 2.78 bits per heavy atom. The number of H-pyrrole nitrogens is 1. The number of amides is 1. The topological polar surface area (TPSA) is 161 Å². The lowest BCUT2D eigenvalue weighted by molar-refractivity contribution is -0.119. The molecule has 0 saturated carbocycles. The monoisotopic (exact) mass is 597 g/mol. The summed E-state index contributed by atoms with van der Waals surface area (Å²) in [5.41, 5.74) is 7.66. The number of hydrogen-bond acceptors (Lipinski definition) is 8. The van der Waals surface area contributed by atoms with E-state index in [1.54, 1.807) is 18.5 Å². The zero-order valence-corrected chi connectivity index (χ0v) is 23.3. The van der Waals surface area contributed by atoms with Crippen molar-refractivity contribution in [3.63, 3.8) is 0 Å². The van der Waals surface area contributed by atoms with Gasteiger partial charge in [0, 0.05) is 23.7 Å². The summed E-state index contributed by atoms with van der Waals surface area (Å²) in [6, 6.07) is 7.11. The Morgan fingerprint density at radius 1 is 1.22 bits per heavy atom. The quantitative estimate of drug-likeness (QED) is 0.152. The van der Waals surface area contributed by atoms with Crippen LogP contribution in [-0.4, -0.2) is 30.6 Å². The van der Waals surface area contributed by atoms with Gasteiger partial charge in [-0.05, 0) is 37.1 Å². The molecule has 0 spiro atoms. The molecular weight excluding hydrogens is 572 g/mol. The van der Waals surface area contributed by atoms with Crippen molar-refractivity contribution < 1.29 is 9.18 Å². The Labute approximate surface area is 244 Å². The lowest BCUT2D eigenvalue weighted by Gasteiger charge is -2.22. The Hall–Kier alpha value is -4.26. The number of nitrogens with one attached hydrogen (secondary N) is 2. The summed E-state index contributed by atoms with van der Waals surface area (Å²) in [7, 11) is 0. The molecule has 5 rings (SSSR count). The van der Waals surface area contributed by atoms with Gasteiger partial charge in [0.25, 0.3) is 5.56 Å². The normalized spacial score (nSPS) is 17.7. The molecule has 11 nitrogen and oxygen atoms in total. The fourth-order valence-electron chi connectivity index (χ4n) is 4.80. The van der Waals surface area contributed by atoms with Crippen molar-refractivity contribution in [3.05, 3.63) is 87.3 Å². The minimum atomic E-state index is -0.811. The van der Waals surface area contributed by atoms with E-state index in [1.807, 2.05) is 13.0 Å². The van der Waals surface area contributed by atoms with Gasteiger partial charge in [0.2, 0.25) is 5.91 Å². The molecule has 0 unspecified atom stereocenters. The summed E-state index contributed by atoms with van der Waals surface area (Å²) in [6.07, 6.45) is 7.42. The van der Waals surface area contributed by atoms with Crippen molar-refractivity contribution in [1.29, 1.82) is 0 Å². The van der Waals surface area contributed by atoms with Crippen LogP contribution in [0.2, 0.25) is 5.02 Å². The number of nitrogens with zero attached hydrogens (tertiary/aromatic N) is 5. The molecule has 3 aromatic heterocycles. The molecule has 0 radical (unpaired) electrons. The zero-order valence-electron chi connectivity index (χ0n) is 21.8. The summed E-state index contributed by atoms with van der Waals surface area (Å²) in [5, 5.41) is 10.7. The number of aromatic amines is 1. The van der Waals surface area contributed by atoms with E-state index in [-0.39, 0.29) is 38.9 Å². The van der Waals surface area contributed by atoms with E-state index in [4.69, 9.17) is 34.8 Å². The maximum absolute atomic E-state index is 15.3. The summed E-state index contributed by atoms with van der Waals surface area (Å²) in [5.74, 6) is 4.82. The molecule has 6 N–H and O–H groups in total. The van der Waals surface area contributed by atoms with Crippen LogP contribution in [0.5, 0.6) is 0 Å². The standard InChI is InChI=1S/C27H26Cl2FN9O2/c1-14-3-2-4-20(17-9-15(7-8-33-17)26-19(11-35-37-26)36-27(14)41)38-13-34-18(10-23(38)40)24-21(39(32)12-22(29)31)6-5-16(28)25(24)30/h5-14,20H,2-4,31-32H2,1H3,(H,35,37)(H,36,41)/b22-12-/t14-,20+/m1/s1. The number of anilines is 2. The van der Waals surface area contributed by atoms with E-state index in [2.05, 4.69) is 25.5 Å². The molecular formula is C27H26Cl2FN9O2. The van der Waals surface area contributed by atoms with Crippen LogP contribution in [0, 0.1) is 11.7 Å². The third kappa shape index (κ3) is 5.80. The van der Waals surface area contributed by atoms with Crippen molar-refractivity contribution >= 4 is 40.5 Å². The highest BCUT2D eigenvalue weighted by Gasteiger charge is 2.24. The van der Waals surface area contributed by atoms with Crippen LogP contribution >= 0.6 is 23.2 Å². The molecule has 4 heterocycles. The smallest absolute Gasteiger partial charge is 0.254 e. The molecule has 2 atom stereocenters. The molecule has 14 heteroatoms. The van der Waals surface area contributed by atoms with Gasteiger partial charge in [-0.1, -0.05) is 36.5 Å². The van der Waals surface area contributed by atoms with Crippen molar-refractivity contribution in [3.8, 4) is 22.5 Å². The molecule has 0 saturated heterocycles. The minimum absolute atomic E-state index is 0.0144. The number of benzene rings is 1. The molecule has 1 amide bonds. The van der Waals surface area contributed by atoms with Gasteiger partial charge in [-0.3, -0.25) is 29.2 Å². The third-order valence-corrected chi connectivity index (χ3v) is 7.30. The van der Waals surface area contributed by atoms with Gasteiger partial charge in [0.15, 0.2) is 5.82 Å². The second kappa shape index (κ2) is 11.7. The van der Waals surface area contributed by atoms with Gasteiger partial charge < -0.3 is 11.1 Å². The van der Waals surface area contributed by atoms with Crippen molar-refractivity contribution in [2.24, 2.45) is 17.5 Å². The van der Waals surface area contributed by atoms with Gasteiger partial charge in [-0.2, -0.15) is 5.10 Å². The van der Waals surface area contributed by atoms with Gasteiger partial charge >= 0.3 is 0 Å². The molecule has 1 aromatic carbocycles. The average molecular weight is 598 g/mol. The Morgan fingerprint density at radius 2 is 2.02 bits per heavy atom. The number of nitrogens with two attached hydrogens (primary N) is 2. The molecule has 41 heavy (non-hydrogen) atoms. The van der Waals surface area contributed by atoms with Crippen LogP contribution in [0.4, 0.5) is 15.8 Å². The predicted molar refractivity (Wildman–Crippen MR) is 155 cm³/mol. The zero-order chi connectivity index (χ0) is 29.3. The van der Waals surface area contributed by atoms with E-state index >= 15 is 4.39 Å². The number of halogens is 3. The van der Waals surface area contributed by atoms with E-state index in [0.717, 1.165) is 10.6 Å². The third-order valence-electron chi connectivity index (χ3n) is 6.91. The van der Waals surface area contributed by atoms with Gasteiger partial charge in [0.1, 0.15) is 5.16 Å². The maximum atomic E-state index is 15.3. The largest absolute Gasteiger partial charge is 0.388 e. The highest BCUT2D eigenvalue weighted by molar-refractivity contribution is 6.31. The predicted octanol–water partition coefficient (Wildman–Crippen LogP) is 4.51. The number of hydrazine groups is 1. The van der Waals surface area contributed by atoms with Crippen LogP contribution in [0.15, 0.2) is 65.2 Å². The highest BCUT2D eigenvalue weighted by Crippen LogP contribution is 2.36. The number of carbonyl (C=O) groups excluding carboxylic acids is 1. The van der Waals surface area contributed by atoms with E-state index in [1.165, 1.54) is 35.3 Å². The average Bonchev–Trinajstić information content (AvgIpc) is 3.40. The van der Waals surface area contributed by atoms with Crippen molar-refractivity contribution in [2.45, 2.75) is 32.2 Å². The molecule has 0 aliphatic carbocycles. The van der Waals surface area contributed by atoms with Crippen LogP contribution in [0.25, 0.3) is 22.5 Å². The van der Waals surface area contributed by atoms with Crippen LogP contribution in [-0.2, 0) is 4.79 Å². The van der Waals surface area contributed by atoms with Crippen LogP contribution in [0.1, 0.15) is 37.9 Å². The molecule has 4 aromatic rings. The summed E-state index contributed by atoms with van der Waals surface area (Å²) >= 11 is 11.8. The maximum Gasteiger partial charge on any atom is 0.254 e. The number of pyridine rings is 1. The fourth-order valence-corrected chi connectivity index (χ4v) is 5.07. The number of rotatable bonds is 4. The van der Waals surface area contributed by atoms with Crippen molar-refractivity contribution in [2.75, 3.05) is 10.3 Å². The first kappa shape index (κ1) is 28.3. The lowest BCUT2D eigenvalue weighted by atomic mass is 9.97. The molecule has 0 fully saturated rings. The second-order valence-corrected chi connectivity index (χ2v) is 10.5. The number of carbonyl (C=O) groups is 1. The number of aromatic nitrogens is 5. The van der Waals surface area contributed by atoms with Gasteiger partial charge in [0.05, 0.1) is 63.8 Å². The van der Waals surface area contributed by atoms with Crippen LogP contribution < -0.4 is 27.5 Å².